The fourth-order valence-electron chi connectivity index (χ4n) is 9.16. The van der Waals surface area contributed by atoms with Crippen LogP contribution < -0.4 is 20.5 Å². The Kier molecular flexibility index (Phi) is 10.4. The quantitative estimate of drug-likeness (QED) is 0.232. The van der Waals surface area contributed by atoms with Crippen LogP contribution in [0.25, 0.3) is 0 Å². The van der Waals surface area contributed by atoms with Gasteiger partial charge in [-0.05, 0) is 84.0 Å². The molecule has 6 N–H and O–H groups in total. The van der Waals surface area contributed by atoms with Crippen molar-refractivity contribution in [2.75, 3.05) is 13.1 Å². The van der Waals surface area contributed by atoms with Crippen LogP contribution in [-0.2, 0) is 24.1 Å². The third-order valence-electron chi connectivity index (χ3n) is 12.0. The molecule has 1 spiro atoms. The molecule has 2 aromatic rings. The predicted molar refractivity (Wildman–Crippen MR) is 205 cm³/mol. The molecule has 0 saturated heterocycles. The highest BCUT2D eigenvalue weighted by molar-refractivity contribution is 6.09. The van der Waals surface area contributed by atoms with Crippen molar-refractivity contribution >= 4 is 11.5 Å². The second-order valence-electron chi connectivity index (χ2n) is 15.7. The molecular weight excluding hydrogens is 681 g/mol. The summed E-state index contributed by atoms with van der Waals surface area (Å²) in [6.07, 6.45) is 11.3. The molecule has 282 valence electrons. The molecule has 0 radical (unpaired) electrons. The lowest BCUT2D eigenvalue weighted by Gasteiger charge is -2.39. The number of aliphatic hydroxyl groups excluding tert-OH is 3. The number of allylic oxidation sites excluding steroid dienone is 1. The largest absolute Gasteiger partial charge is 0.465 e. The van der Waals surface area contributed by atoms with E-state index in [9.17, 15) is 20.1 Å². The third-order valence-corrected chi connectivity index (χ3v) is 12.0. The Morgan fingerprint density at radius 1 is 1.11 bits per heavy atom. The molecule has 0 aromatic heterocycles. The van der Waals surface area contributed by atoms with Gasteiger partial charge < -0.3 is 35.4 Å². The Labute approximate surface area is 317 Å². The van der Waals surface area contributed by atoms with Crippen molar-refractivity contribution in [2.45, 2.75) is 115 Å². The van der Waals surface area contributed by atoms with E-state index in [1.54, 1.807) is 0 Å². The van der Waals surface area contributed by atoms with Crippen LogP contribution in [0.2, 0.25) is 0 Å². The molecule has 1 fully saturated rings. The van der Waals surface area contributed by atoms with Gasteiger partial charge in [-0.3, -0.25) is 15.1 Å². The van der Waals surface area contributed by atoms with Crippen LogP contribution in [0.4, 0.5) is 0 Å². The normalized spacial score (nSPS) is 25.6. The average Bonchev–Trinajstić information content (AvgIpc) is 3.89. The number of ketones is 1. The first-order chi connectivity index (χ1) is 26.2. The van der Waals surface area contributed by atoms with Crippen molar-refractivity contribution in [1.29, 1.82) is 0 Å². The van der Waals surface area contributed by atoms with Crippen LogP contribution in [0.1, 0.15) is 105 Å². The number of fused-ring (bicyclic) bond motifs is 8. The van der Waals surface area contributed by atoms with E-state index in [1.807, 2.05) is 43.5 Å². The van der Waals surface area contributed by atoms with E-state index in [0.29, 0.717) is 37.3 Å². The second-order valence-corrected chi connectivity index (χ2v) is 15.7. The van der Waals surface area contributed by atoms with Gasteiger partial charge in [0.15, 0.2) is 17.7 Å². The fourth-order valence-corrected chi connectivity index (χ4v) is 9.16. The Morgan fingerprint density at radius 2 is 1.94 bits per heavy atom. The van der Waals surface area contributed by atoms with Crippen molar-refractivity contribution < 1.29 is 29.6 Å². The number of nitrogens with two attached hydrogens (primary N) is 1. The molecule has 2 aromatic carbocycles. The minimum atomic E-state index is -1.03. The van der Waals surface area contributed by atoms with Gasteiger partial charge in [0.05, 0.1) is 42.0 Å². The van der Waals surface area contributed by atoms with Gasteiger partial charge in [0.1, 0.15) is 18.0 Å². The smallest absolute Gasteiger partial charge is 0.187 e. The summed E-state index contributed by atoms with van der Waals surface area (Å²) in [5, 5.41) is 35.7. The Balaban J connectivity index is 1.14. The number of Topliss-reactive ketones (excluding diaryl/α,β-unsaturated/α-hetero) is 1. The Morgan fingerprint density at radius 3 is 2.78 bits per heavy atom. The first-order valence-corrected chi connectivity index (χ1v) is 19.6. The monoisotopic (exact) mass is 730 g/mol. The van der Waals surface area contributed by atoms with E-state index < -0.39 is 35.9 Å². The van der Waals surface area contributed by atoms with Crippen molar-refractivity contribution in [3.8, 4) is 35.4 Å². The number of aryl methyl sites for hydroxylation is 1. The molecule has 5 heterocycles. The minimum Gasteiger partial charge on any atom is -0.465 e. The maximum absolute atomic E-state index is 12.9. The number of aliphatic imine (C=N–C) groups is 1. The molecule has 1 saturated carbocycles. The molecule has 10 nitrogen and oxygen atoms in total. The number of ether oxygens (including phenoxy) is 2. The zero-order valence-electron chi connectivity index (χ0n) is 30.9. The van der Waals surface area contributed by atoms with Crippen molar-refractivity contribution in [1.82, 2.24) is 10.2 Å². The summed E-state index contributed by atoms with van der Waals surface area (Å²) < 4.78 is 13.2. The summed E-state index contributed by atoms with van der Waals surface area (Å²) >= 11 is 0. The first-order valence-electron chi connectivity index (χ1n) is 19.6. The van der Waals surface area contributed by atoms with Crippen molar-refractivity contribution in [3.05, 3.63) is 81.7 Å². The summed E-state index contributed by atoms with van der Waals surface area (Å²) in [5.41, 5.74) is 14.1. The average molecular weight is 731 g/mol. The molecule has 6 aliphatic rings. The molecular formula is C44H50N4O6. The summed E-state index contributed by atoms with van der Waals surface area (Å²) in [6, 6.07) is 9.68. The molecule has 8 rings (SSSR count). The molecule has 5 aliphatic heterocycles. The van der Waals surface area contributed by atoms with Gasteiger partial charge in [-0.1, -0.05) is 62.1 Å². The van der Waals surface area contributed by atoms with Crippen LogP contribution in [0.3, 0.4) is 0 Å². The maximum Gasteiger partial charge on any atom is 0.187 e. The first kappa shape index (κ1) is 36.6. The van der Waals surface area contributed by atoms with Gasteiger partial charge in [0.25, 0.3) is 0 Å². The number of hydrogen-bond donors (Lipinski definition) is 5. The Hall–Kier alpha value is -4.42. The van der Waals surface area contributed by atoms with E-state index in [2.05, 4.69) is 40.3 Å². The van der Waals surface area contributed by atoms with Crippen LogP contribution >= 0.6 is 0 Å². The highest BCUT2D eigenvalue weighted by Crippen LogP contribution is 2.49. The van der Waals surface area contributed by atoms with Crippen molar-refractivity contribution in [2.24, 2.45) is 22.1 Å². The predicted octanol–water partition coefficient (Wildman–Crippen LogP) is 4.66. The summed E-state index contributed by atoms with van der Waals surface area (Å²) in [5.74, 6) is 10.9. The SMILES string of the molecule is CCCC(O)CC(O)CC(=O)CCc1ccc2c(c1)OC1C(C#CC(O)c3ccc4c(c3CC3=CN=C5CN1C=C35)CCNC4N)C1(C#CO2)CCCC1. The second kappa shape index (κ2) is 15.4. The number of hydrogen-bond acceptors (Lipinski definition) is 10. The molecule has 10 heteroatoms. The zero-order valence-corrected chi connectivity index (χ0v) is 30.9. The van der Waals surface area contributed by atoms with Gasteiger partial charge >= 0.3 is 0 Å². The zero-order chi connectivity index (χ0) is 37.4. The summed E-state index contributed by atoms with van der Waals surface area (Å²) in [7, 11) is 0. The lowest BCUT2D eigenvalue weighted by Crippen LogP contribution is -2.47. The standard InChI is InChI=1S/C44H50N4O6/c1-2-5-29(49)22-31(51)23-30(50)8-6-27-7-13-40-41(20-27)54-43-37(44(17-19-53-40)15-3-4-16-44)11-12-39(52)33-9-10-34-32(14-18-46-42(34)45)35(33)21-28-24-47-38-26-48(43)25-36(28)38/h7,9-10,13,20,24-25,29,31,37,39,42-43,46,49,51-52H,2-6,8,14-16,18,21-23,26,45H2,1H3. The summed E-state index contributed by atoms with van der Waals surface area (Å²) in [6.45, 7) is 3.28. The van der Waals surface area contributed by atoms with E-state index >= 15 is 0 Å². The number of carbonyl (C=O) groups excluding carboxylic acids is 1. The highest BCUT2D eigenvalue weighted by atomic mass is 16.5. The number of rotatable bonds is 9. The molecule has 2 bridgehead atoms. The molecule has 6 atom stereocenters. The van der Waals surface area contributed by atoms with Gasteiger partial charge in [-0.25, -0.2) is 0 Å². The van der Waals surface area contributed by atoms with Crippen LogP contribution in [0, 0.1) is 35.2 Å². The van der Waals surface area contributed by atoms with Crippen LogP contribution in [0.15, 0.2) is 58.9 Å². The lowest BCUT2D eigenvalue weighted by atomic mass is 9.73. The van der Waals surface area contributed by atoms with Crippen LogP contribution in [0.5, 0.6) is 11.5 Å². The molecule has 1 aliphatic carbocycles. The van der Waals surface area contributed by atoms with E-state index in [0.717, 1.165) is 84.2 Å². The van der Waals surface area contributed by atoms with E-state index in [-0.39, 0.29) is 31.2 Å². The summed E-state index contributed by atoms with van der Waals surface area (Å²) in [4.78, 5) is 20.0. The number of carbonyl (C=O) groups is 1. The number of nitrogens with zero attached hydrogens (tertiary/aromatic N) is 2. The number of nitrogens with one attached hydrogen (secondary N) is 1. The maximum atomic E-state index is 12.9. The molecule has 54 heavy (non-hydrogen) atoms. The highest BCUT2D eigenvalue weighted by Gasteiger charge is 2.48. The van der Waals surface area contributed by atoms with Crippen LogP contribution in [-0.4, -0.2) is 63.2 Å². The van der Waals surface area contributed by atoms with Gasteiger partial charge in [-0.2, -0.15) is 0 Å². The Bertz CT molecular complexity index is 2020. The molecule has 6 unspecified atom stereocenters. The molecule has 0 amide bonds. The van der Waals surface area contributed by atoms with E-state index in [4.69, 9.17) is 20.2 Å². The van der Waals surface area contributed by atoms with Gasteiger partial charge in [0.2, 0.25) is 0 Å². The lowest BCUT2D eigenvalue weighted by molar-refractivity contribution is -0.121. The number of benzene rings is 2. The fraction of sp³-hybridized carbons (Fsp3) is 0.500. The van der Waals surface area contributed by atoms with Crippen molar-refractivity contribution in [3.63, 3.8) is 0 Å². The minimum absolute atomic E-state index is 0.0128. The topological polar surface area (TPSA) is 150 Å². The van der Waals surface area contributed by atoms with Gasteiger partial charge in [0, 0.05) is 43.8 Å². The third kappa shape index (κ3) is 7.22. The van der Waals surface area contributed by atoms with Gasteiger partial charge in [-0.15, -0.1) is 0 Å². The number of aliphatic hydroxyl groups is 3. The van der Waals surface area contributed by atoms with E-state index in [1.165, 1.54) is 5.56 Å².